The van der Waals surface area contributed by atoms with Crippen molar-refractivity contribution in [3.8, 4) is 0 Å². The number of benzene rings is 2. The fraction of sp³-hybridized carbons (Fsp3) is 0.318. The number of carbonyl (C=O) groups is 2. The van der Waals surface area contributed by atoms with Crippen LogP contribution in [0.5, 0.6) is 0 Å². The lowest BCUT2D eigenvalue weighted by molar-refractivity contribution is -0.128. The largest absolute Gasteiger partial charge is 0.382 e. The van der Waals surface area contributed by atoms with Crippen LogP contribution < -0.4 is 5.32 Å². The van der Waals surface area contributed by atoms with Crippen molar-refractivity contribution >= 4 is 51.7 Å². The normalized spacial score (nSPS) is 17.5. The first-order chi connectivity index (χ1) is 14.6. The molecule has 2 aromatic rings. The molecule has 2 amide bonds. The fourth-order valence-electron chi connectivity index (χ4n) is 2.93. The van der Waals surface area contributed by atoms with E-state index in [1.807, 2.05) is 37.3 Å². The van der Waals surface area contributed by atoms with Crippen molar-refractivity contribution in [2.45, 2.75) is 25.0 Å². The molecule has 1 fully saturated rings. The molecule has 8 heteroatoms. The molecule has 1 unspecified atom stereocenters. The van der Waals surface area contributed by atoms with Crippen molar-refractivity contribution in [1.29, 1.82) is 0 Å². The number of thioether (sulfide) groups is 1. The van der Waals surface area contributed by atoms with Crippen LogP contribution in [0.15, 0.2) is 59.6 Å². The van der Waals surface area contributed by atoms with Gasteiger partial charge in [0.1, 0.15) is 5.25 Å². The van der Waals surface area contributed by atoms with Crippen LogP contribution in [-0.2, 0) is 14.3 Å². The van der Waals surface area contributed by atoms with Crippen molar-refractivity contribution in [3.63, 3.8) is 0 Å². The summed E-state index contributed by atoms with van der Waals surface area (Å²) in [4.78, 5) is 31.8. The van der Waals surface area contributed by atoms with E-state index in [9.17, 15) is 9.59 Å². The SMILES string of the molecule is CCOCCCN1C(=O)C(CC(=O)Nc2ccc(Cl)cc2)SC1=Nc1ccccc1. The number of nitrogens with one attached hydrogen (secondary N) is 1. The van der Waals surface area contributed by atoms with E-state index in [2.05, 4.69) is 10.3 Å². The molecule has 0 spiro atoms. The molecule has 1 aliphatic heterocycles. The van der Waals surface area contributed by atoms with Crippen LogP contribution in [0.25, 0.3) is 0 Å². The second-order valence-corrected chi connectivity index (χ2v) is 8.24. The third kappa shape index (κ3) is 6.32. The number of anilines is 1. The Morgan fingerprint density at radius 3 is 2.63 bits per heavy atom. The highest BCUT2D eigenvalue weighted by atomic mass is 35.5. The number of amidine groups is 1. The monoisotopic (exact) mass is 445 g/mol. The van der Waals surface area contributed by atoms with Crippen molar-refractivity contribution in [1.82, 2.24) is 4.90 Å². The summed E-state index contributed by atoms with van der Waals surface area (Å²) in [6.07, 6.45) is 0.777. The van der Waals surface area contributed by atoms with E-state index >= 15 is 0 Å². The summed E-state index contributed by atoms with van der Waals surface area (Å²) in [5.74, 6) is -0.323. The third-order valence-electron chi connectivity index (χ3n) is 4.37. The Morgan fingerprint density at radius 1 is 1.20 bits per heavy atom. The summed E-state index contributed by atoms with van der Waals surface area (Å²) in [7, 11) is 0. The van der Waals surface area contributed by atoms with Gasteiger partial charge in [0, 0.05) is 36.9 Å². The molecule has 6 nitrogen and oxygen atoms in total. The maximum absolute atomic E-state index is 13.0. The van der Waals surface area contributed by atoms with Gasteiger partial charge in [-0.2, -0.15) is 0 Å². The zero-order valence-corrected chi connectivity index (χ0v) is 18.3. The van der Waals surface area contributed by atoms with Gasteiger partial charge in [0.15, 0.2) is 5.17 Å². The Balaban J connectivity index is 1.68. The maximum Gasteiger partial charge on any atom is 0.242 e. The van der Waals surface area contributed by atoms with E-state index < -0.39 is 5.25 Å². The summed E-state index contributed by atoms with van der Waals surface area (Å²) >= 11 is 7.21. The van der Waals surface area contributed by atoms with E-state index in [0.717, 1.165) is 5.69 Å². The average Bonchev–Trinajstić information content (AvgIpc) is 3.02. The minimum absolute atomic E-state index is 0.0713. The fourth-order valence-corrected chi connectivity index (χ4v) is 4.24. The number of amides is 2. The first-order valence-electron chi connectivity index (χ1n) is 9.81. The molecule has 0 bridgehead atoms. The summed E-state index contributed by atoms with van der Waals surface area (Å²) in [6.45, 7) is 3.66. The van der Waals surface area contributed by atoms with Gasteiger partial charge in [-0.05, 0) is 49.7 Å². The van der Waals surface area contributed by atoms with Crippen molar-refractivity contribution in [3.05, 3.63) is 59.6 Å². The third-order valence-corrected chi connectivity index (χ3v) is 5.80. The van der Waals surface area contributed by atoms with Crippen molar-refractivity contribution in [2.75, 3.05) is 25.1 Å². The number of aliphatic imine (C=N–C) groups is 1. The standard InChI is InChI=1S/C22H24ClN3O3S/c1-2-29-14-6-13-26-21(28)19(30-22(26)25-17-7-4-3-5-8-17)15-20(27)24-18-11-9-16(23)10-12-18/h3-5,7-12,19H,2,6,13-15H2,1H3,(H,24,27). The van der Waals surface area contributed by atoms with Crippen LogP contribution in [0, 0.1) is 0 Å². The number of ether oxygens (including phenoxy) is 1. The predicted octanol–water partition coefficient (Wildman–Crippen LogP) is 4.73. The molecular weight excluding hydrogens is 422 g/mol. The van der Waals surface area contributed by atoms with Gasteiger partial charge in [-0.3, -0.25) is 14.5 Å². The van der Waals surface area contributed by atoms with Gasteiger partial charge in [0.25, 0.3) is 0 Å². The van der Waals surface area contributed by atoms with E-state index in [0.29, 0.717) is 42.1 Å². The first-order valence-corrected chi connectivity index (χ1v) is 11.1. The van der Waals surface area contributed by atoms with Gasteiger partial charge in [-0.1, -0.05) is 41.6 Å². The van der Waals surface area contributed by atoms with Crippen LogP contribution in [0.2, 0.25) is 5.02 Å². The molecule has 0 saturated carbocycles. The molecule has 1 saturated heterocycles. The van der Waals surface area contributed by atoms with Gasteiger partial charge in [0.2, 0.25) is 11.8 Å². The molecule has 0 radical (unpaired) electrons. The van der Waals surface area contributed by atoms with Crippen LogP contribution in [0.4, 0.5) is 11.4 Å². The van der Waals surface area contributed by atoms with E-state index in [1.165, 1.54) is 11.8 Å². The molecule has 1 heterocycles. The zero-order chi connectivity index (χ0) is 21.3. The quantitative estimate of drug-likeness (QED) is 0.566. The molecular formula is C22H24ClN3O3S. The number of para-hydroxylation sites is 1. The Morgan fingerprint density at radius 2 is 1.93 bits per heavy atom. The van der Waals surface area contributed by atoms with E-state index in [1.54, 1.807) is 29.2 Å². The van der Waals surface area contributed by atoms with Gasteiger partial charge in [-0.15, -0.1) is 0 Å². The molecule has 1 atom stereocenters. The zero-order valence-electron chi connectivity index (χ0n) is 16.7. The van der Waals surface area contributed by atoms with Crippen LogP contribution in [0.3, 0.4) is 0 Å². The summed E-state index contributed by atoms with van der Waals surface area (Å²) in [5, 5.41) is 3.52. The highest BCUT2D eigenvalue weighted by Gasteiger charge is 2.38. The Bertz CT molecular complexity index is 890. The van der Waals surface area contributed by atoms with Crippen molar-refractivity contribution in [2.24, 2.45) is 4.99 Å². The molecule has 1 aliphatic rings. The lowest BCUT2D eigenvalue weighted by atomic mass is 10.2. The summed E-state index contributed by atoms with van der Waals surface area (Å²) in [5.41, 5.74) is 1.42. The molecule has 158 valence electrons. The Hall–Kier alpha value is -2.35. The topological polar surface area (TPSA) is 71.0 Å². The number of nitrogens with zero attached hydrogens (tertiary/aromatic N) is 2. The predicted molar refractivity (Wildman–Crippen MR) is 122 cm³/mol. The summed E-state index contributed by atoms with van der Waals surface area (Å²) in [6, 6.07) is 16.4. The van der Waals surface area contributed by atoms with E-state index in [4.69, 9.17) is 16.3 Å². The second-order valence-electron chi connectivity index (χ2n) is 6.64. The Labute approximate surface area is 185 Å². The number of carbonyl (C=O) groups excluding carboxylic acids is 2. The Kier molecular flexibility index (Phi) is 8.30. The molecule has 3 rings (SSSR count). The molecule has 0 aromatic heterocycles. The molecule has 30 heavy (non-hydrogen) atoms. The lowest BCUT2D eigenvalue weighted by Crippen LogP contribution is -2.34. The number of hydrogen-bond acceptors (Lipinski definition) is 5. The molecule has 2 aromatic carbocycles. The first kappa shape index (κ1) is 22.3. The number of halogens is 1. The van der Waals surface area contributed by atoms with Gasteiger partial charge >= 0.3 is 0 Å². The minimum Gasteiger partial charge on any atom is -0.382 e. The maximum atomic E-state index is 13.0. The van der Waals surface area contributed by atoms with Crippen LogP contribution in [-0.4, -0.2) is 46.9 Å². The summed E-state index contributed by atoms with van der Waals surface area (Å²) < 4.78 is 5.39. The average molecular weight is 446 g/mol. The number of hydrogen-bond donors (Lipinski definition) is 1. The number of rotatable bonds is 9. The highest BCUT2D eigenvalue weighted by Crippen LogP contribution is 2.32. The van der Waals surface area contributed by atoms with Crippen LogP contribution in [0.1, 0.15) is 19.8 Å². The van der Waals surface area contributed by atoms with E-state index in [-0.39, 0.29) is 18.2 Å². The molecule has 0 aliphatic carbocycles. The molecule has 1 N–H and O–H groups in total. The van der Waals surface area contributed by atoms with Crippen molar-refractivity contribution < 1.29 is 14.3 Å². The van der Waals surface area contributed by atoms with Gasteiger partial charge < -0.3 is 10.1 Å². The smallest absolute Gasteiger partial charge is 0.242 e. The second kappa shape index (κ2) is 11.2. The minimum atomic E-state index is -0.508. The lowest BCUT2D eigenvalue weighted by Gasteiger charge is -2.16. The van der Waals surface area contributed by atoms with Crippen LogP contribution >= 0.6 is 23.4 Å². The highest BCUT2D eigenvalue weighted by molar-refractivity contribution is 8.15. The van der Waals surface area contributed by atoms with Gasteiger partial charge in [-0.25, -0.2) is 4.99 Å². The van der Waals surface area contributed by atoms with Gasteiger partial charge in [0.05, 0.1) is 5.69 Å².